The Kier molecular flexibility index (Phi) is 7.07. The van der Waals surface area contributed by atoms with Gasteiger partial charge in [0.25, 0.3) is 5.91 Å². The van der Waals surface area contributed by atoms with Gasteiger partial charge >= 0.3 is 0 Å². The molecule has 0 saturated carbocycles. The summed E-state index contributed by atoms with van der Waals surface area (Å²) in [5, 5.41) is 4.07. The molecule has 3 aromatic carbocycles. The number of carbonyl (C=O) groups excluding carboxylic acids is 2. The van der Waals surface area contributed by atoms with E-state index in [1.807, 2.05) is 60.3 Å². The first-order valence-corrected chi connectivity index (χ1v) is 12.4. The van der Waals surface area contributed by atoms with Crippen LogP contribution in [0.4, 0.5) is 5.69 Å². The van der Waals surface area contributed by atoms with E-state index in [0.29, 0.717) is 41.5 Å². The number of nitrogens with zero attached hydrogens (tertiary/aromatic N) is 2. The van der Waals surface area contributed by atoms with E-state index in [2.05, 4.69) is 5.32 Å². The fourth-order valence-corrected chi connectivity index (χ4v) is 5.38. The lowest BCUT2D eigenvalue weighted by atomic mass is 9.79. The van der Waals surface area contributed by atoms with E-state index in [1.54, 1.807) is 50.5 Å². The second-order valence-corrected chi connectivity index (χ2v) is 9.27. The quantitative estimate of drug-likeness (QED) is 0.367. The summed E-state index contributed by atoms with van der Waals surface area (Å²) in [4.78, 5) is 29.8. The monoisotopic (exact) mass is 513 g/mol. The molecular weight excluding hydrogens is 482 g/mol. The van der Waals surface area contributed by atoms with Crippen molar-refractivity contribution in [1.82, 2.24) is 9.47 Å². The predicted octanol–water partition coefficient (Wildman–Crippen LogP) is 4.76. The van der Waals surface area contributed by atoms with Gasteiger partial charge in [-0.25, -0.2) is 0 Å². The highest BCUT2D eigenvalue weighted by Gasteiger charge is 2.45. The molecule has 38 heavy (non-hydrogen) atoms. The molecule has 2 atom stereocenters. The lowest BCUT2D eigenvalue weighted by Gasteiger charge is -2.41. The maximum Gasteiger partial charge on any atom is 0.254 e. The summed E-state index contributed by atoms with van der Waals surface area (Å²) in [6.07, 6.45) is 2.02. The zero-order valence-corrected chi connectivity index (χ0v) is 21.9. The van der Waals surface area contributed by atoms with E-state index < -0.39 is 12.0 Å². The minimum Gasteiger partial charge on any atom is -0.497 e. The Labute approximate surface area is 221 Å². The van der Waals surface area contributed by atoms with Crippen LogP contribution in [0.25, 0.3) is 10.9 Å². The van der Waals surface area contributed by atoms with Gasteiger partial charge in [-0.1, -0.05) is 36.4 Å². The van der Waals surface area contributed by atoms with Gasteiger partial charge in [0, 0.05) is 55.0 Å². The smallest absolute Gasteiger partial charge is 0.254 e. The maximum atomic E-state index is 14.2. The van der Waals surface area contributed by atoms with Gasteiger partial charge in [0.05, 0.1) is 38.5 Å². The van der Waals surface area contributed by atoms with Gasteiger partial charge < -0.3 is 29.0 Å². The van der Waals surface area contributed by atoms with Gasteiger partial charge in [-0.2, -0.15) is 0 Å². The standard InChI is InChI=1S/C30H31N3O5/c1-32-18-23(20-9-7-8-12-25(20)32)28-27(29(34)31-24-14-13-19(37-3)17-26(24)38-4)21-10-5-6-11-22(21)30(35)33(28)15-16-36-2/h5-14,17-18,27-28H,15-16H2,1-4H3,(H,31,34). The van der Waals surface area contributed by atoms with Crippen molar-refractivity contribution in [2.45, 2.75) is 12.0 Å². The Morgan fingerprint density at radius 2 is 1.71 bits per heavy atom. The predicted molar refractivity (Wildman–Crippen MR) is 146 cm³/mol. The van der Waals surface area contributed by atoms with Crippen LogP contribution in [0.1, 0.15) is 33.4 Å². The molecule has 2 heterocycles. The highest BCUT2D eigenvalue weighted by atomic mass is 16.5. The topological polar surface area (TPSA) is 82.0 Å². The third-order valence-electron chi connectivity index (χ3n) is 7.17. The number of nitrogens with one attached hydrogen (secondary N) is 1. The second kappa shape index (κ2) is 10.6. The minimum atomic E-state index is -0.682. The zero-order chi connectivity index (χ0) is 26.8. The van der Waals surface area contributed by atoms with Gasteiger partial charge in [-0.15, -0.1) is 0 Å². The SMILES string of the molecule is COCCN1C(=O)c2ccccc2C(C(=O)Nc2ccc(OC)cc2OC)C1c1cn(C)c2ccccc12. The van der Waals surface area contributed by atoms with Gasteiger partial charge in [-0.3, -0.25) is 9.59 Å². The number of hydrogen-bond acceptors (Lipinski definition) is 5. The first-order valence-electron chi connectivity index (χ1n) is 12.4. The highest BCUT2D eigenvalue weighted by molar-refractivity contribution is 6.05. The number of aromatic nitrogens is 1. The number of anilines is 1. The van der Waals surface area contributed by atoms with E-state index in [9.17, 15) is 9.59 Å². The number of methoxy groups -OCH3 is 3. The van der Waals surface area contributed by atoms with Crippen LogP contribution in [0.5, 0.6) is 11.5 Å². The lowest BCUT2D eigenvalue weighted by Crippen LogP contribution is -2.47. The fraction of sp³-hybridized carbons (Fsp3) is 0.267. The number of rotatable bonds is 8. The van der Waals surface area contributed by atoms with Crippen molar-refractivity contribution in [2.24, 2.45) is 7.05 Å². The van der Waals surface area contributed by atoms with Gasteiger partial charge in [0.2, 0.25) is 5.91 Å². The Morgan fingerprint density at radius 3 is 2.47 bits per heavy atom. The third-order valence-corrected chi connectivity index (χ3v) is 7.17. The molecule has 0 radical (unpaired) electrons. The largest absolute Gasteiger partial charge is 0.497 e. The first kappa shape index (κ1) is 25.4. The van der Waals surface area contributed by atoms with Gasteiger partial charge in [0.1, 0.15) is 11.5 Å². The van der Waals surface area contributed by atoms with Crippen LogP contribution in [-0.4, -0.2) is 55.8 Å². The van der Waals surface area contributed by atoms with Crippen LogP contribution in [0, 0.1) is 0 Å². The molecular formula is C30H31N3O5. The maximum absolute atomic E-state index is 14.2. The number of ether oxygens (including phenoxy) is 3. The van der Waals surface area contributed by atoms with E-state index in [4.69, 9.17) is 14.2 Å². The lowest BCUT2D eigenvalue weighted by molar-refractivity contribution is -0.119. The summed E-state index contributed by atoms with van der Waals surface area (Å²) in [7, 11) is 6.70. The first-order chi connectivity index (χ1) is 18.5. The van der Waals surface area contributed by atoms with Crippen molar-refractivity contribution in [3.63, 3.8) is 0 Å². The zero-order valence-electron chi connectivity index (χ0n) is 21.9. The van der Waals surface area contributed by atoms with Crippen LogP contribution in [0.2, 0.25) is 0 Å². The summed E-state index contributed by atoms with van der Waals surface area (Å²) in [6.45, 7) is 0.684. The molecule has 196 valence electrons. The van der Waals surface area contributed by atoms with Crippen LogP contribution in [-0.2, 0) is 16.6 Å². The molecule has 4 aromatic rings. The van der Waals surface area contributed by atoms with E-state index >= 15 is 0 Å². The molecule has 1 N–H and O–H groups in total. The number of carbonyl (C=O) groups is 2. The number of hydrogen-bond donors (Lipinski definition) is 1. The van der Waals surface area contributed by atoms with E-state index in [1.165, 1.54) is 0 Å². The molecule has 0 saturated heterocycles. The molecule has 5 rings (SSSR count). The summed E-state index contributed by atoms with van der Waals surface area (Å²) in [5.74, 6) is 0.0532. The van der Waals surface area contributed by atoms with Crippen LogP contribution in [0.3, 0.4) is 0 Å². The molecule has 0 fully saturated rings. The Bertz CT molecular complexity index is 1490. The Morgan fingerprint density at radius 1 is 0.947 bits per heavy atom. The summed E-state index contributed by atoms with van der Waals surface area (Å²) < 4.78 is 18.2. The molecule has 0 bridgehead atoms. The van der Waals surface area contributed by atoms with Gasteiger partial charge in [-0.05, 0) is 29.8 Å². The molecule has 8 nitrogen and oxygen atoms in total. The third kappa shape index (κ3) is 4.37. The summed E-state index contributed by atoms with van der Waals surface area (Å²) >= 11 is 0. The summed E-state index contributed by atoms with van der Waals surface area (Å²) in [6, 6.07) is 20.1. The normalized spacial score (nSPS) is 16.8. The number of aryl methyl sites for hydroxylation is 1. The molecule has 0 aliphatic carbocycles. The van der Waals surface area contributed by atoms with E-state index in [0.717, 1.165) is 16.5 Å². The van der Waals surface area contributed by atoms with Crippen LogP contribution < -0.4 is 14.8 Å². The molecule has 1 aliphatic heterocycles. The van der Waals surface area contributed by atoms with E-state index in [-0.39, 0.29) is 11.8 Å². The number of benzene rings is 3. The van der Waals surface area contributed by atoms with Crippen molar-refractivity contribution < 1.29 is 23.8 Å². The van der Waals surface area contributed by atoms with Crippen molar-refractivity contribution in [1.29, 1.82) is 0 Å². The summed E-state index contributed by atoms with van der Waals surface area (Å²) in [5.41, 5.74) is 3.66. The van der Waals surface area contributed by atoms with Gasteiger partial charge in [0.15, 0.2) is 0 Å². The average Bonchev–Trinajstić information content (AvgIpc) is 3.28. The van der Waals surface area contributed by atoms with Crippen molar-refractivity contribution >= 4 is 28.4 Å². The molecule has 2 amide bonds. The van der Waals surface area contributed by atoms with Crippen LogP contribution >= 0.6 is 0 Å². The Balaban J connectivity index is 1.68. The molecule has 1 aromatic heterocycles. The number of para-hydroxylation sites is 1. The van der Waals surface area contributed by atoms with Crippen molar-refractivity contribution in [3.8, 4) is 11.5 Å². The molecule has 1 aliphatic rings. The number of amides is 2. The molecule has 8 heteroatoms. The minimum absolute atomic E-state index is 0.123. The fourth-order valence-electron chi connectivity index (χ4n) is 5.38. The second-order valence-electron chi connectivity index (χ2n) is 9.27. The number of fused-ring (bicyclic) bond motifs is 2. The van der Waals surface area contributed by atoms with Crippen LogP contribution in [0.15, 0.2) is 72.9 Å². The highest BCUT2D eigenvalue weighted by Crippen LogP contribution is 2.46. The molecule has 0 spiro atoms. The van der Waals surface area contributed by atoms with Crippen molar-refractivity contribution in [2.75, 3.05) is 39.8 Å². The average molecular weight is 514 g/mol. The Hall–Kier alpha value is -4.30. The molecule has 2 unspecified atom stereocenters. The van der Waals surface area contributed by atoms with Crippen molar-refractivity contribution in [3.05, 3.63) is 89.6 Å².